The van der Waals surface area contributed by atoms with Gasteiger partial charge in [-0.05, 0) is 0 Å². The molecule has 0 amide bonds. The van der Waals surface area contributed by atoms with Gasteiger partial charge in [0.05, 0.1) is 0 Å². The second-order valence-corrected chi connectivity index (χ2v) is 0.829. The van der Waals surface area contributed by atoms with E-state index in [4.69, 9.17) is 15.0 Å². The number of alkyl halides is 2. The van der Waals surface area contributed by atoms with Gasteiger partial charge >= 0.3 is 6.11 Å². The van der Waals surface area contributed by atoms with Crippen LogP contribution in [0, 0.1) is 0 Å². The van der Waals surface area contributed by atoms with Gasteiger partial charge in [-0.2, -0.15) is 8.78 Å². The van der Waals surface area contributed by atoms with Gasteiger partial charge in [0, 0.05) is 0 Å². The van der Waals surface area contributed by atoms with E-state index in [-0.39, 0.29) is 0 Å². The number of carbonyl (C=O) groups is 1. The van der Waals surface area contributed by atoms with Crippen molar-refractivity contribution < 1.29 is 23.8 Å². The zero-order chi connectivity index (χ0) is 6.08. The number of rotatable bonds is 1. The molecule has 0 atom stereocenters. The second kappa shape index (κ2) is 1.42. The first kappa shape index (κ1) is 6.29. The molecule has 0 aliphatic heterocycles. The summed E-state index contributed by atoms with van der Waals surface area (Å²) in [5.74, 6) is -2.78. The third-order valence-corrected chi connectivity index (χ3v) is 0.246. The molecule has 0 bridgehead atoms. The van der Waals surface area contributed by atoms with E-state index in [0.29, 0.717) is 0 Å². The first-order chi connectivity index (χ1) is 2.94. The van der Waals surface area contributed by atoms with Crippen molar-refractivity contribution in [2.75, 3.05) is 0 Å². The normalized spacial score (nSPS) is 11.3. The molecule has 0 heterocycles. The summed E-state index contributed by atoms with van der Waals surface area (Å²) < 4.78 is 21.5. The summed E-state index contributed by atoms with van der Waals surface area (Å²) in [7, 11) is 0. The zero-order valence-electron chi connectivity index (χ0n) is 3.02. The van der Waals surface area contributed by atoms with Gasteiger partial charge < -0.3 is 15.0 Å². The van der Waals surface area contributed by atoms with Gasteiger partial charge in [0.15, 0.2) is 0 Å². The Morgan fingerprint density at radius 2 is 1.86 bits per heavy atom. The highest BCUT2D eigenvalue weighted by Gasteiger charge is 2.25. The van der Waals surface area contributed by atoms with Crippen LogP contribution in [0.4, 0.5) is 8.78 Å². The quantitative estimate of drug-likeness (QED) is 0.439. The van der Waals surface area contributed by atoms with Crippen LogP contribution in [0.15, 0.2) is 0 Å². The number of hydrogen-bond donors (Lipinski definition) is 1. The van der Waals surface area contributed by atoms with Crippen LogP contribution in [0.5, 0.6) is 0 Å². The molecule has 0 aromatic carbocycles. The highest BCUT2D eigenvalue weighted by Crippen LogP contribution is 2.03. The van der Waals surface area contributed by atoms with Gasteiger partial charge in [0.25, 0.3) is 0 Å². The SMILES string of the molecule is O=C([O-])C(O)(F)F. The first-order valence-electron chi connectivity index (χ1n) is 1.26. The van der Waals surface area contributed by atoms with Crippen molar-refractivity contribution in [3.63, 3.8) is 0 Å². The lowest BCUT2D eigenvalue weighted by Gasteiger charge is -2.06. The summed E-state index contributed by atoms with van der Waals surface area (Å²) in [5.41, 5.74) is 0. The van der Waals surface area contributed by atoms with Crippen molar-refractivity contribution in [3.8, 4) is 0 Å². The number of carbonyl (C=O) groups excluding carboxylic acids is 1. The van der Waals surface area contributed by atoms with Crippen LogP contribution in [0.2, 0.25) is 0 Å². The topological polar surface area (TPSA) is 60.4 Å². The Labute approximate surface area is 37.2 Å². The molecule has 0 aliphatic carbocycles. The van der Waals surface area contributed by atoms with Gasteiger partial charge in [0.1, 0.15) is 5.97 Å². The number of hydrogen-bond acceptors (Lipinski definition) is 3. The summed E-state index contributed by atoms with van der Waals surface area (Å²) >= 11 is 0. The Hall–Kier alpha value is -0.710. The van der Waals surface area contributed by atoms with Gasteiger partial charge in [-0.3, -0.25) is 0 Å². The first-order valence-corrected chi connectivity index (χ1v) is 1.26. The van der Waals surface area contributed by atoms with E-state index in [0.717, 1.165) is 0 Å². The third kappa shape index (κ3) is 2.05. The minimum Gasteiger partial charge on any atom is -0.542 e. The fraction of sp³-hybridized carbons (Fsp3) is 0.500. The van der Waals surface area contributed by atoms with Gasteiger partial charge in [0.2, 0.25) is 0 Å². The molecule has 0 unspecified atom stereocenters. The third-order valence-electron chi connectivity index (χ3n) is 0.246. The molecular weight excluding hydrogens is 110 g/mol. The summed E-state index contributed by atoms with van der Waals surface area (Å²) in [4.78, 5) is 8.91. The van der Waals surface area contributed by atoms with Crippen LogP contribution in [-0.4, -0.2) is 17.2 Å². The zero-order valence-corrected chi connectivity index (χ0v) is 3.02. The van der Waals surface area contributed by atoms with Crippen LogP contribution in [0.3, 0.4) is 0 Å². The van der Waals surface area contributed by atoms with Crippen molar-refractivity contribution in [1.29, 1.82) is 0 Å². The van der Waals surface area contributed by atoms with Crippen molar-refractivity contribution in [1.82, 2.24) is 0 Å². The highest BCUT2D eigenvalue weighted by molar-refractivity contribution is 5.70. The summed E-state index contributed by atoms with van der Waals surface area (Å²) in [6, 6.07) is 0. The van der Waals surface area contributed by atoms with Gasteiger partial charge in [-0.1, -0.05) is 0 Å². The van der Waals surface area contributed by atoms with Gasteiger partial charge in [-0.15, -0.1) is 0 Å². The number of carboxylic acids is 1. The number of halogens is 2. The highest BCUT2D eigenvalue weighted by atomic mass is 19.3. The Kier molecular flexibility index (Phi) is 1.27. The predicted molar refractivity (Wildman–Crippen MR) is 12.2 cm³/mol. The number of carboxylic acid groups (broad SMARTS) is 1. The molecule has 7 heavy (non-hydrogen) atoms. The fourth-order valence-corrected chi connectivity index (χ4v) is 0. The largest absolute Gasteiger partial charge is 0.542 e. The van der Waals surface area contributed by atoms with Crippen molar-refractivity contribution in [2.24, 2.45) is 0 Å². The van der Waals surface area contributed by atoms with E-state index in [1.54, 1.807) is 0 Å². The maximum atomic E-state index is 10.7. The van der Waals surface area contributed by atoms with E-state index >= 15 is 0 Å². The lowest BCUT2D eigenvalue weighted by molar-refractivity contribution is -0.355. The average molecular weight is 111 g/mol. The Balaban J connectivity index is 3.79. The van der Waals surface area contributed by atoms with Crippen molar-refractivity contribution in [3.05, 3.63) is 0 Å². The van der Waals surface area contributed by atoms with Gasteiger partial charge in [-0.25, -0.2) is 0 Å². The molecule has 0 aromatic heterocycles. The van der Waals surface area contributed by atoms with Crippen molar-refractivity contribution >= 4 is 5.97 Å². The minimum absolute atomic E-state index is 2.78. The van der Waals surface area contributed by atoms with E-state index in [9.17, 15) is 8.78 Å². The minimum atomic E-state index is -4.69. The molecular formula is C2HF2O3-. The van der Waals surface area contributed by atoms with E-state index in [1.165, 1.54) is 0 Å². The smallest absolute Gasteiger partial charge is 0.395 e. The molecule has 42 valence electrons. The van der Waals surface area contributed by atoms with Crippen LogP contribution < -0.4 is 5.11 Å². The van der Waals surface area contributed by atoms with E-state index in [2.05, 4.69) is 0 Å². The monoisotopic (exact) mass is 111 g/mol. The summed E-state index contributed by atoms with van der Waals surface area (Å²) in [6.07, 6.45) is -4.69. The molecule has 0 saturated heterocycles. The maximum Gasteiger partial charge on any atom is 0.395 e. The lowest BCUT2D eigenvalue weighted by Crippen LogP contribution is -2.40. The van der Waals surface area contributed by atoms with Crippen LogP contribution in [-0.2, 0) is 4.79 Å². The summed E-state index contributed by atoms with van der Waals surface area (Å²) in [5, 5.41) is 16.0. The molecule has 0 aliphatic rings. The molecule has 0 spiro atoms. The van der Waals surface area contributed by atoms with Crippen LogP contribution >= 0.6 is 0 Å². The van der Waals surface area contributed by atoms with Crippen molar-refractivity contribution in [2.45, 2.75) is 6.11 Å². The Morgan fingerprint density at radius 3 is 1.86 bits per heavy atom. The fourth-order valence-electron chi connectivity index (χ4n) is 0. The number of aliphatic hydroxyl groups is 1. The molecule has 3 nitrogen and oxygen atoms in total. The van der Waals surface area contributed by atoms with Crippen LogP contribution in [0.25, 0.3) is 0 Å². The Morgan fingerprint density at radius 1 is 1.71 bits per heavy atom. The average Bonchev–Trinajstić information content (AvgIpc) is 1.31. The predicted octanol–water partition coefficient (Wildman–Crippen LogP) is -1.68. The second-order valence-electron chi connectivity index (χ2n) is 0.829. The molecule has 5 heteroatoms. The molecule has 1 N–H and O–H groups in total. The molecule has 0 saturated carbocycles. The lowest BCUT2D eigenvalue weighted by atomic mass is 10.7. The molecule has 0 radical (unpaired) electrons. The van der Waals surface area contributed by atoms with E-state index < -0.39 is 12.1 Å². The number of aliphatic carboxylic acids is 1. The maximum absolute atomic E-state index is 10.7. The molecule has 0 aromatic rings. The molecule has 0 fully saturated rings. The standard InChI is InChI=1S/C2H2F2O3/c3-2(4,7)1(5)6/h7H,(H,5,6)/p-1. The summed E-state index contributed by atoms with van der Waals surface area (Å²) in [6.45, 7) is 0. The van der Waals surface area contributed by atoms with Crippen LogP contribution in [0.1, 0.15) is 0 Å². The Bertz CT molecular complexity index is 83.4. The molecule has 0 rings (SSSR count). The van der Waals surface area contributed by atoms with E-state index in [1.807, 2.05) is 0 Å².